The molecule has 0 spiro atoms. The average molecular weight is 323 g/mol. The fourth-order valence-electron chi connectivity index (χ4n) is 3.28. The van der Waals surface area contributed by atoms with Crippen molar-refractivity contribution in [1.29, 1.82) is 0 Å². The van der Waals surface area contributed by atoms with E-state index in [1.54, 1.807) is 28.7 Å². The average Bonchev–Trinajstić information content (AvgIpc) is 2.87. The molecule has 0 aliphatic carbocycles. The van der Waals surface area contributed by atoms with Crippen LogP contribution in [0.5, 0.6) is 5.75 Å². The molecule has 0 unspecified atom stereocenters. The first-order chi connectivity index (χ1) is 11.5. The number of hydrogen-bond donors (Lipinski definition) is 1. The summed E-state index contributed by atoms with van der Waals surface area (Å²) < 4.78 is 2.87. The largest absolute Gasteiger partial charge is 0.508 e. The van der Waals surface area contributed by atoms with Gasteiger partial charge in [-0.25, -0.2) is 4.79 Å². The molecule has 6 nitrogen and oxygen atoms in total. The molecule has 0 aliphatic heterocycles. The predicted octanol–water partition coefficient (Wildman–Crippen LogP) is 1.47. The molecular weight excluding hydrogens is 306 g/mol. The Hall–Kier alpha value is -2.86. The van der Waals surface area contributed by atoms with E-state index >= 15 is 0 Å². The van der Waals surface area contributed by atoms with Crippen LogP contribution in [0.4, 0.5) is 0 Å². The van der Waals surface area contributed by atoms with Gasteiger partial charge in [0.05, 0.1) is 16.4 Å². The Morgan fingerprint density at radius 1 is 1.04 bits per heavy atom. The zero-order valence-electron chi connectivity index (χ0n) is 13.5. The number of phenolic OH excluding ortho intramolecular Hbond substituents is 1. The lowest BCUT2D eigenvalue weighted by Crippen LogP contribution is -2.39. The van der Waals surface area contributed by atoms with Gasteiger partial charge in [-0.1, -0.05) is 12.1 Å². The van der Waals surface area contributed by atoms with Crippen LogP contribution in [0.15, 0.2) is 46.0 Å². The molecule has 2 heterocycles. The Balaban J connectivity index is 2.21. The van der Waals surface area contributed by atoms with Crippen LogP contribution in [0.1, 0.15) is 0 Å². The summed E-state index contributed by atoms with van der Waals surface area (Å²) in [4.78, 5) is 27.7. The number of likely N-dealkylation sites (N-methyl/N-ethyl adjacent to an activating group) is 1. The number of phenols is 1. The molecule has 0 radical (unpaired) electrons. The van der Waals surface area contributed by atoms with Crippen LogP contribution >= 0.6 is 0 Å². The number of para-hydroxylation sites is 1. The summed E-state index contributed by atoms with van der Waals surface area (Å²) in [6.07, 6.45) is 0. The number of aromatic nitrogens is 2. The molecule has 6 heteroatoms. The quantitative estimate of drug-likeness (QED) is 0.620. The van der Waals surface area contributed by atoms with Crippen molar-refractivity contribution < 1.29 is 5.11 Å². The number of rotatable bonds is 3. The van der Waals surface area contributed by atoms with Crippen LogP contribution in [0.3, 0.4) is 0 Å². The maximum absolute atomic E-state index is 13.0. The van der Waals surface area contributed by atoms with Gasteiger partial charge < -0.3 is 10.0 Å². The normalized spacial score (nSPS) is 12.1. The lowest BCUT2D eigenvalue weighted by molar-refractivity contribution is 0.376. The molecule has 0 atom stereocenters. The lowest BCUT2D eigenvalue weighted by Gasteiger charge is -2.12. The SMILES string of the molecule is CN(C)CCn1c(=O)c2cccc3c4cc(O)ccc4n(c1=O)c23. The fraction of sp³-hybridized carbons (Fsp3) is 0.222. The van der Waals surface area contributed by atoms with Gasteiger partial charge in [0.1, 0.15) is 5.75 Å². The van der Waals surface area contributed by atoms with Crippen LogP contribution in [0.25, 0.3) is 27.2 Å². The highest BCUT2D eigenvalue weighted by Gasteiger charge is 2.18. The third-order valence-corrected chi connectivity index (χ3v) is 4.44. The predicted molar refractivity (Wildman–Crippen MR) is 94.3 cm³/mol. The Morgan fingerprint density at radius 2 is 1.79 bits per heavy atom. The standard InChI is InChI=1S/C18H17N3O3/c1-19(2)8-9-20-17(23)13-5-3-4-12-14-10-11(22)6-7-15(14)21(16(12)13)18(20)24/h3-7,10,22H,8-9H2,1-2H3. The summed E-state index contributed by atoms with van der Waals surface area (Å²) in [6.45, 7) is 0.932. The van der Waals surface area contributed by atoms with Gasteiger partial charge in [0.15, 0.2) is 0 Å². The van der Waals surface area contributed by atoms with E-state index in [2.05, 4.69) is 0 Å². The second-order valence-electron chi connectivity index (χ2n) is 6.28. The van der Waals surface area contributed by atoms with Crippen molar-refractivity contribution in [1.82, 2.24) is 13.9 Å². The molecule has 24 heavy (non-hydrogen) atoms. The van der Waals surface area contributed by atoms with Crippen LogP contribution < -0.4 is 11.2 Å². The Bertz CT molecular complexity index is 1190. The first-order valence-corrected chi connectivity index (χ1v) is 7.76. The van der Waals surface area contributed by atoms with Crippen molar-refractivity contribution in [3.8, 4) is 5.75 Å². The fourth-order valence-corrected chi connectivity index (χ4v) is 3.28. The molecule has 4 aromatic rings. The van der Waals surface area contributed by atoms with Crippen LogP contribution in [-0.4, -0.2) is 39.6 Å². The van der Waals surface area contributed by atoms with E-state index in [4.69, 9.17) is 0 Å². The minimum Gasteiger partial charge on any atom is -0.508 e. The highest BCUT2D eigenvalue weighted by atomic mass is 16.3. The lowest BCUT2D eigenvalue weighted by atomic mass is 10.1. The Morgan fingerprint density at radius 3 is 2.54 bits per heavy atom. The molecule has 2 aromatic carbocycles. The number of fused-ring (bicyclic) bond motifs is 3. The topological polar surface area (TPSA) is 66.9 Å². The number of benzene rings is 2. The van der Waals surface area contributed by atoms with Crippen molar-refractivity contribution in [2.45, 2.75) is 6.54 Å². The number of hydrogen-bond acceptors (Lipinski definition) is 4. The maximum atomic E-state index is 13.0. The molecule has 4 rings (SSSR count). The summed E-state index contributed by atoms with van der Waals surface area (Å²) in [7, 11) is 3.80. The first-order valence-electron chi connectivity index (χ1n) is 7.76. The smallest absolute Gasteiger partial charge is 0.336 e. The van der Waals surface area contributed by atoms with Crippen molar-refractivity contribution in [2.24, 2.45) is 0 Å². The van der Waals surface area contributed by atoms with Crippen LogP contribution in [-0.2, 0) is 6.54 Å². The van der Waals surface area contributed by atoms with Crippen molar-refractivity contribution in [2.75, 3.05) is 20.6 Å². The summed E-state index contributed by atoms with van der Waals surface area (Å²) in [5, 5.41) is 11.9. The van der Waals surface area contributed by atoms with Gasteiger partial charge in [-0.3, -0.25) is 13.8 Å². The van der Waals surface area contributed by atoms with Gasteiger partial charge in [0.2, 0.25) is 0 Å². The van der Waals surface area contributed by atoms with Gasteiger partial charge in [0, 0.05) is 23.9 Å². The highest BCUT2D eigenvalue weighted by molar-refractivity contribution is 6.13. The Kier molecular flexibility index (Phi) is 3.11. The molecule has 0 saturated carbocycles. The van der Waals surface area contributed by atoms with Crippen molar-refractivity contribution in [3.05, 3.63) is 57.2 Å². The third-order valence-electron chi connectivity index (χ3n) is 4.44. The summed E-state index contributed by atoms with van der Waals surface area (Å²) in [5.41, 5.74) is 0.704. The van der Waals surface area contributed by atoms with Gasteiger partial charge >= 0.3 is 5.69 Å². The summed E-state index contributed by atoms with van der Waals surface area (Å²) >= 11 is 0. The van der Waals surface area contributed by atoms with E-state index in [-0.39, 0.29) is 17.0 Å². The van der Waals surface area contributed by atoms with E-state index in [9.17, 15) is 14.7 Å². The monoisotopic (exact) mass is 323 g/mol. The molecule has 0 amide bonds. The second kappa shape index (κ2) is 5.07. The summed E-state index contributed by atoms with van der Waals surface area (Å²) in [6, 6.07) is 10.3. The molecule has 0 saturated heterocycles. The first kappa shape index (κ1) is 14.7. The molecular formula is C18H17N3O3. The van der Waals surface area contributed by atoms with E-state index < -0.39 is 0 Å². The molecule has 2 aromatic heterocycles. The third kappa shape index (κ3) is 1.93. The summed E-state index contributed by atoms with van der Waals surface area (Å²) in [5.74, 6) is 0.134. The van der Waals surface area contributed by atoms with E-state index in [0.29, 0.717) is 29.5 Å². The van der Waals surface area contributed by atoms with E-state index in [1.165, 1.54) is 4.57 Å². The second-order valence-corrected chi connectivity index (χ2v) is 6.28. The molecule has 0 aliphatic rings. The van der Waals surface area contributed by atoms with Crippen LogP contribution in [0.2, 0.25) is 0 Å². The van der Waals surface area contributed by atoms with Crippen molar-refractivity contribution in [3.63, 3.8) is 0 Å². The number of aromatic hydroxyl groups is 1. The Labute approximate surface area is 137 Å². The van der Waals surface area contributed by atoms with Gasteiger partial charge in [-0.15, -0.1) is 0 Å². The minimum absolute atomic E-state index is 0.134. The van der Waals surface area contributed by atoms with E-state index in [0.717, 1.165) is 10.8 Å². The highest BCUT2D eigenvalue weighted by Crippen LogP contribution is 2.31. The molecule has 122 valence electrons. The zero-order chi connectivity index (χ0) is 17.0. The number of nitrogens with zero attached hydrogens (tertiary/aromatic N) is 3. The van der Waals surface area contributed by atoms with Gasteiger partial charge in [-0.05, 0) is 38.4 Å². The van der Waals surface area contributed by atoms with Crippen molar-refractivity contribution >= 4 is 27.2 Å². The van der Waals surface area contributed by atoms with Gasteiger partial charge in [-0.2, -0.15) is 0 Å². The maximum Gasteiger partial charge on any atom is 0.336 e. The van der Waals surface area contributed by atoms with Crippen LogP contribution in [0, 0.1) is 0 Å². The molecule has 0 fully saturated rings. The molecule has 1 N–H and O–H groups in total. The zero-order valence-corrected chi connectivity index (χ0v) is 13.5. The minimum atomic E-state index is -0.341. The van der Waals surface area contributed by atoms with E-state index in [1.807, 2.05) is 31.1 Å². The molecule has 0 bridgehead atoms. The van der Waals surface area contributed by atoms with Gasteiger partial charge in [0.25, 0.3) is 5.56 Å².